The van der Waals surface area contributed by atoms with Crippen molar-refractivity contribution in [3.05, 3.63) is 46.1 Å². The van der Waals surface area contributed by atoms with Gasteiger partial charge in [-0.25, -0.2) is 9.97 Å². The Hall–Kier alpha value is -2.58. The maximum Gasteiger partial charge on any atom is 0.269 e. The lowest BCUT2D eigenvalue weighted by atomic mass is 10.0. The molecule has 8 heteroatoms. The van der Waals surface area contributed by atoms with Crippen LogP contribution in [0.3, 0.4) is 0 Å². The highest BCUT2D eigenvalue weighted by molar-refractivity contribution is 5.60. The number of piperazine rings is 1. The summed E-state index contributed by atoms with van der Waals surface area (Å²) in [4.78, 5) is 27.4. The lowest BCUT2D eigenvalue weighted by Crippen LogP contribution is -2.54. The molecule has 2 aliphatic heterocycles. The molecule has 1 unspecified atom stereocenters. The van der Waals surface area contributed by atoms with Gasteiger partial charge in [-0.05, 0) is 45.0 Å². The lowest BCUT2D eigenvalue weighted by Gasteiger charge is -2.43. The quantitative estimate of drug-likeness (QED) is 0.554. The Balaban J connectivity index is 1.49. The monoisotopic (exact) mass is 410 g/mol. The van der Waals surface area contributed by atoms with Gasteiger partial charge in [0.25, 0.3) is 5.69 Å². The van der Waals surface area contributed by atoms with Crippen LogP contribution in [0.1, 0.15) is 25.5 Å². The molecule has 0 amide bonds. The summed E-state index contributed by atoms with van der Waals surface area (Å²) in [5.74, 6) is 1.59. The van der Waals surface area contributed by atoms with Crippen LogP contribution in [0.25, 0.3) is 11.4 Å². The van der Waals surface area contributed by atoms with Crippen molar-refractivity contribution in [2.75, 3.05) is 51.2 Å². The number of likely N-dealkylation sites (N-methyl/N-ethyl adjacent to an activating group) is 1. The summed E-state index contributed by atoms with van der Waals surface area (Å²) < 4.78 is 0. The highest BCUT2D eigenvalue weighted by atomic mass is 16.6. The van der Waals surface area contributed by atoms with E-state index in [-0.39, 0.29) is 10.6 Å². The van der Waals surface area contributed by atoms with Crippen LogP contribution in [-0.2, 0) is 6.42 Å². The zero-order chi connectivity index (χ0) is 21.1. The number of nitrogens with zero attached hydrogens (tertiary/aromatic N) is 6. The van der Waals surface area contributed by atoms with Crippen molar-refractivity contribution >= 4 is 11.5 Å². The third kappa shape index (κ3) is 4.60. The fourth-order valence-corrected chi connectivity index (χ4v) is 4.44. The number of aryl methyl sites for hydroxylation is 1. The molecule has 2 aliphatic rings. The molecule has 0 N–H and O–H groups in total. The number of aromatic nitrogens is 2. The lowest BCUT2D eigenvalue weighted by molar-refractivity contribution is -0.384. The van der Waals surface area contributed by atoms with Crippen molar-refractivity contribution in [3.8, 4) is 11.4 Å². The Labute approximate surface area is 177 Å². The number of non-ortho nitro benzene ring substituents is 1. The molecule has 0 aliphatic carbocycles. The van der Waals surface area contributed by atoms with Crippen molar-refractivity contribution in [2.45, 2.75) is 32.2 Å². The van der Waals surface area contributed by atoms with E-state index >= 15 is 0 Å². The predicted molar refractivity (Wildman–Crippen MR) is 118 cm³/mol. The van der Waals surface area contributed by atoms with Gasteiger partial charge in [-0.15, -0.1) is 0 Å². The maximum atomic E-state index is 10.9. The summed E-state index contributed by atoms with van der Waals surface area (Å²) in [5, 5.41) is 10.9. The number of piperidine rings is 1. The first-order chi connectivity index (χ1) is 14.5. The molecule has 0 spiro atoms. The van der Waals surface area contributed by atoms with Crippen molar-refractivity contribution in [3.63, 3.8) is 0 Å². The molecule has 1 aromatic carbocycles. The van der Waals surface area contributed by atoms with Crippen LogP contribution in [0.5, 0.6) is 0 Å². The number of rotatable bonds is 5. The van der Waals surface area contributed by atoms with Gasteiger partial charge in [0.05, 0.1) is 4.92 Å². The van der Waals surface area contributed by atoms with E-state index in [4.69, 9.17) is 4.98 Å². The third-order valence-electron chi connectivity index (χ3n) is 6.22. The summed E-state index contributed by atoms with van der Waals surface area (Å²) in [6.45, 7) is 8.48. The zero-order valence-corrected chi connectivity index (χ0v) is 17.8. The van der Waals surface area contributed by atoms with Gasteiger partial charge in [0.2, 0.25) is 0 Å². The van der Waals surface area contributed by atoms with Gasteiger partial charge in [-0.2, -0.15) is 0 Å². The topological polar surface area (TPSA) is 78.6 Å². The predicted octanol–water partition coefficient (Wildman–Crippen LogP) is 2.83. The molecule has 160 valence electrons. The number of anilines is 1. The van der Waals surface area contributed by atoms with Gasteiger partial charge >= 0.3 is 0 Å². The molecule has 8 nitrogen and oxygen atoms in total. The van der Waals surface area contributed by atoms with Gasteiger partial charge in [0.15, 0.2) is 5.82 Å². The first-order valence-corrected chi connectivity index (χ1v) is 10.8. The number of benzene rings is 1. The van der Waals surface area contributed by atoms with Crippen LogP contribution in [0.4, 0.5) is 11.5 Å². The van der Waals surface area contributed by atoms with E-state index in [1.165, 1.54) is 31.5 Å². The van der Waals surface area contributed by atoms with E-state index in [2.05, 4.69) is 39.7 Å². The number of nitro groups is 1. The van der Waals surface area contributed by atoms with Crippen LogP contribution >= 0.6 is 0 Å². The molecule has 2 aromatic rings. The molecule has 0 radical (unpaired) electrons. The fraction of sp³-hybridized carbons (Fsp3) is 0.545. The van der Waals surface area contributed by atoms with Gasteiger partial charge in [0, 0.05) is 68.2 Å². The SMILES string of the molecule is CCc1cc(N2CCN(C3CCCN(C)C3)CC2)nc(-c2ccc([N+](=O)[O-])cc2)n1. The van der Waals surface area contributed by atoms with Crippen molar-refractivity contribution < 1.29 is 4.92 Å². The first-order valence-electron chi connectivity index (χ1n) is 10.8. The molecule has 1 atom stereocenters. The van der Waals surface area contributed by atoms with Gasteiger partial charge in [-0.3, -0.25) is 15.0 Å². The summed E-state index contributed by atoms with van der Waals surface area (Å²) in [6.07, 6.45) is 3.40. The summed E-state index contributed by atoms with van der Waals surface area (Å²) in [6, 6.07) is 9.23. The maximum absolute atomic E-state index is 10.9. The second-order valence-corrected chi connectivity index (χ2v) is 8.28. The second-order valence-electron chi connectivity index (χ2n) is 8.28. The zero-order valence-electron chi connectivity index (χ0n) is 17.8. The van der Waals surface area contributed by atoms with E-state index in [1.807, 2.05) is 0 Å². The normalized spacial score (nSPS) is 21.0. The molecule has 2 saturated heterocycles. The first kappa shape index (κ1) is 20.7. The summed E-state index contributed by atoms with van der Waals surface area (Å²) in [7, 11) is 2.22. The minimum atomic E-state index is -0.387. The molecule has 3 heterocycles. The summed E-state index contributed by atoms with van der Waals surface area (Å²) >= 11 is 0. The van der Waals surface area contributed by atoms with Crippen molar-refractivity contribution in [2.24, 2.45) is 0 Å². The van der Waals surface area contributed by atoms with Gasteiger partial charge < -0.3 is 9.80 Å². The molecule has 1 aromatic heterocycles. The van der Waals surface area contributed by atoms with Gasteiger partial charge in [-0.1, -0.05) is 6.92 Å². The Morgan fingerprint density at radius 2 is 1.83 bits per heavy atom. The molecule has 0 saturated carbocycles. The minimum absolute atomic E-state index is 0.0788. The molecule has 0 bridgehead atoms. The van der Waals surface area contributed by atoms with Crippen molar-refractivity contribution in [1.29, 1.82) is 0 Å². The molecule has 4 rings (SSSR count). The van der Waals surface area contributed by atoms with Crippen LogP contribution in [0.2, 0.25) is 0 Å². The smallest absolute Gasteiger partial charge is 0.269 e. The number of nitro benzene ring substituents is 1. The Morgan fingerprint density at radius 1 is 1.10 bits per heavy atom. The molecular weight excluding hydrogens is 380 g/mol. The average Bonchev–Trinajstić information content (AvgIpc) is 2.79. The Bertz CT molecular complexity index is 880. The fourth-order valence-electron chi connectivity index (χ4n) is 4.44. The van der Waals surface area contributed by atoms with Crippen LogP contribution in [-0.4, -0.2) is 77.0 Å². The van der Waals surface area contributed by atoms with E-state index < -0.39 is 0 Å². The number of hydrogen-bond donors (Lipinski definition) is 0. The Kier molecular flexibility index (Phi) is 6.24. The summed E-state index contributed by atoms with van der Waals surface area (Å²) in [5.41, 5.74) is 1.88. The third-order valence-corrected chi connectivity index (χ3v) is 6.22. The van der Waals surface area contributed by atoms with Gasteiger partial charge in [0.1, 0.15) is 5.82 Å². The van der Waals surface area contributed by atoms with Crippen LogP contribution in [0.15, 0.2) is 30.3 Å². The highest BCUT2D eigenvalue weighted by Crippen LogP contribution is 2.24. The standard InChI is InChI=1S/C22H30N6O2/c1-3-18-15-21(24-22(23-18)17-6-8-19(9-7-17)28(29)30)27-13-11-26(12-14-27)20-5-4-10-25(2)16-20/h6-9,15,20H,3-5,10-14,16H2,1-2H3. The largest absolute Gasteiger partial charge is 0.354 e. The highest BCUT2D eigenvalue weighted by Gasteiger charge is 2.27. The van der Waals surface area contributed by atoms with Crippen LogP contribution in [0, 0.1) is 10.1 Å². The minimum Gasteiger partial charge on any atom is -0.354 e. The molecule has 30 heavy (non-hydrogen) atoms. The second kappa shape index (κ2) is 9.06. The number of likely N-dealkylation sites (tertiary alicyclic amines) is 1. The average molecular weight is 411 g/mol. The Morgan fingerprint density at radius 3 is 2.47 bits per heavy atom. The van der Waals surface area contributed by atoms with E-state index in [9.17, 15) is 10.1 Å². The van der Waals surface area contributed by atoms with E-state index in [0.29, 0.717) is 11.9 Å². The molecule has 2 fully saturated rings. The number of hydrogen-bond acceptors (Lipinski definition) is 7. The van der Waals surface area contributed by atoms with Crippen molar-refractivity contribution in [1.82, 2.24) is 19.8 Å². The molecular formula is C22H30N6O2. The van der Waals surface area contributed by atoms with E-state index in [0.717, 1.165) is 56.2 Å². The van der Waals surface area contributed by atoms with Crippen LogP contribution < -0.4 is 4.90 Å². The van der Waals surface area contributed by atoms with E-state index in [1.54, 1.807) is 12.1 Å².